The van der Waals surface area contributed by atoms with E-state index in [0.717, 1.165) is 28.7 Å². The van der Waals surface area contributed by atoms with Crippen molar-refractivity contribution >= 4 is 33.2 Å². The fraction of sp³-hybridized carbons (Fsp3) is 0.280. The molecule has 5 rings (SSSR count). The van der Waals surface area contributed by atoms with Crippen LogP contribution in [0.25, 0.3) is 38.9 Å². The van der Waals surface area contributed by atoms with E-state index in [-0.39, 0.29) is 5.56 Å². The van der Waals surface area contributed by atoms with Gasteiger partial charge in [0.15, 0.2) is 11.3 Å². The number of hydrogen-bond acceptors (Lipinski definition) is 5. The van der Waals surface area contributed by atoms with E-state index in [1.165, 1.54) is 0 Å². The van der Waals surface area contributed by atoms with Gasteiger partial charge in [0.25, 0.3) is 5.56 Å². The molecule has 7 nitrogen and oxygen atoms in total. The SMILES string of the molecule is CCOCCCn1c(C)nc2c(c1=O)c1nc3ccccc3nc1n2-c1ccc(C)cc1. The number of ether oxygens (including phenoxy) is 1. The van der Waals surface area contributed by atoms with Crippen molar-refractivity contribution in [2.45, 2.75) is 33.7 Å². The van der Waals surface area contributed by atoms with E-state index in [9.17, 15) is 4.79 Å². The van der Waals surface area contributed by atoms with Crippen molar-refractivity contribution in [1.82, 2.24) is 24.1 Å². The highest BCUT2D eigenvalue weighted by molar-refractivity contribution is 6.05. The van der Waals surface area contributed by atoms with Crippen LogP contribution in [0.4, 0.5) is 0 Å². The second kappa shape index (κ2) is 8.16. The molecule has 0 atom stereocenters. The molecule has 0 unspecified atom stereocenters. The molecule has 0 aliphatic heterocycles. The summed E-state index contributed by atoms with van der Waals surface area (Å²) in [7, 11) is 0. The minimum absolute atomic E-state index is 0.0931. The van der Waals surface area contributed by atoms with Crippen LogP contribution in [-0.2, 0) is 11.3 Å². The van der Waals surface area contributed by atoms with Gasteiger partial charge in [-0.2, -0.15) is 0 Å². The molecule has 0 saturated carbocycles. The Hall–Kier alpha value is -3.58. The number of nitrogens with zero attached hydrogens (tertiary/aromatic N) is 5. The van der Waals surface area contributed by atoms with Gasteiger partial charge in [0, 0.05) is 25.4 Å². The second-order valence-electron chi connectivity index (χ2n) is 7.92. The van der Waals surface area contributed by atoms with Crippen LogP contribution in [0.1, 0.15) is 24.7 Å². The van der Waals surface area contributed by atoms with Gasteiger partial charge < -0.3 is 4.74 Å². The summed E-state index contributed by atoms with van der Waals surface area (Å²) in [5, 5.41) is 0.501. The first-order valence-corrected chi connectivity index (χ1v) is 10.9. The van der Waals surface area contributed by atoms with E-state index < -0.39 is 0 Å². The van der Waals surface area contributed by atoms with E-state index in [0.29, 0.717) is 47.8 Å². The average Bonchev–Trinajstić information content (AvgIpc) is 3.10. The summed E-state index contributed by atoms with van der Waals surface area (Å²) in [4.78, 5) is 28.3. The van der Waals surface area contributed by atoms with E-state index in [2.05, 4.69) is 0 Å². The molecule has 0 saturated heterocycles. The van der Waals surface area contributed by atoms with Crippen LogP contribution in [-0.4, -0.2) is 37.3 Å². The van der Waals surface area contributed by atoms with E-state index in [4.69, 9.17) is 19.7 Å². The maximum absolute atomic E-state index is 13.7. The molecule has 3 aromatic heterocycles. The summed E-state index contributed by atoms with van der Waals surface area (Å²) in [5.74, 6) is 0.666. The molecule has 5 aromatic rings. The Balaban J connectivity index is 1.83. The number of hydrogen-bond donors (Lipinski definition) is 0. The summed E-state index contributed by atoms with van der Waals surface area (Å²) < 4.78 is 9.12. The van der Waals surface area contributed by atoms with Gasteiger partial charge in [-0.15, -0.1) is 0 Å². The minimum Gasteiger partial charge on any atom is -0.382 e. The molecule has 0 aliphatic carbocycles. The molecular formula is C25H25N5O2. The van der Waals surface area contributed by atoms with Gasteiger partial charge in [0.1, 0.15) is 16.7 Å². The zero-order valence-corrected chi connectivity index (χ0v) is 18.5. The molecule has 0 bridgehead atoms. The van der Waals surface area contributed by atoms with Crippen LogP contribution in [0.3, 0.4) is 0 Å². The molecule has 3 heterocycles. The highest BCUT2D eigenvalue weighted by Crippen LogP contribution is 2.28. The molecule has 0 aliphatic rings. The zero-order chi connectivity index (χ0) is 22.2. The van der Waals surface area contributed by atoms with Crippen molar-refractivity contribution in [2.75, 3.05) is 13.2 Å². The van der Waals surface area contributed by atoms with Crippen molar-refractivity contribution in [2.24, 2.45) is 0 Å². The van der Waals surface area contributed by atoms with Gasteiger partial charge in [-0.25, -0.2) is 15.0 Å². The number of aryl methyl sites for hydroxylation is 2. The van der Waals surface area contributed by atoms with Crippen LogP contribution in [0.2, 0.25) is 0 Å². The summed E-state index contributed by atoms with van der Waals surface area (Å²) in [6.45, 7) is 7.70. The zero-order valence-electron chi connectivity index (χ0n) is 18.5. The van der Waals surface area contributed by atoms with Crippen molar-refractivity contribution in [3.63, 3.8) is 0 Å². The maximum Gasteiger partial charge on any atom is 0.265 e. The molecule has 2 aromatic carbocycles. The molecule has 0 fully saturated rings. The van der Waals surface area contributed by atoms with E-state index in [1.807, 2.05) is 73.9 Å². The first-order chi connectivity index (χ1) is 15.6. The Labute approximate surface area is 185 Å². The van der Waals surface area contributed by atoms with Gasteiger partial charge in [-0.05, 0) is 51.5 Å². The molecule has 162 valence electrons. The molecule has 0 N–H and O–H groups in total. The predicted octanol–water partition coefficient (Wildman–Crippen LogP) is 4.33. The van der Waals surface area contributed by atoms with Crippen LogP contribution < -0.4 is 5.56 Å². The van der Waals surface area contributed by atoms with Gasteiger partial charge in [0.05, 0.1) is 11.0 Å². The van der Waals surface area contributed by atoms with Crippen LogP contribution in [0.5, 0.6) is 0 Å². The lowest BCUT2D eigenvalue weighted by molar-refractivity contribution is 0.141. The first kappa shape index (κ1) is 20.3. The number of para-hydroxylation sites is 2. The summed E-state index contributed by atoms with van der Waals surface area (Å²) in [6, 6.07) is 15.9. The molecule has 7 heteroatoms. The fourth-order valence-electron chi connectivity index (χ4n) is 4.10. The van der Waals surface area contributed by atoms with Gasteiger partial charge in [0.2, 0.25) is 0 Å². The Kier molecular flexibility index (Phi) is 5.19. The number of fused-ring (bicyclic) bond motifs is 4. The van der Waals surface area contributed by atoms with Gasteiger partial charge in [-0.1, -0.05) is 29.8 Å². The van der Waals surface area contributed by atoms with Crippen LogP contribution in [0.15, 0.2) is 53.3 Å². The maximum atomic E-state index is 13.7. The Morgan fingerprint density at radius 3 is 2.34 bits per heavy atom. The molecule has 0 spiro atoms. The first-order valence-electron chi connectivity index (χ1n) is 10.9. The lowest BCUT2D eigenvalue weighted by atomic mass is 10.2. The van der Waals surface area contributed by atoms with Crippen molar-refractivity contribution in [1.29, 1.82) is 0 Å². The normalized spacial score (nSPS) is 11.7. The lowest BCUT2D eigenvalue weighted by Crippen LogP contribution is -2.24. The number of aromatic nitrogens is 5. The monoisotopic (exact) mass is 427 g/mol. The van der Waals surface area contributed by atoms with Gasteiger partial charge >= 0.3 is 0 Å². The van der Waals surface area contributed by atoms with E-state index >= 15 is 0 Å². The summed E-state index contributed by atoms with van der Waals surface area (Å²) >= 11 is 0. The Morgan fingerprint density at radius 2 is 1.62 bits per heavy atom. The quantitative estimate of drug-likeness (QED) is 0.377. The third-order valence-corrected chi connectivity index (χ3v) is 5.72. The summed E-state index contributed by atoms with van der Waals surface area (Å²) in [5.41, 5.74) is 5.31. The smallest absolute Gasteiger partial charge is 0.265 e. The fourth-order valence-corrected chi connectivity index (χ4v) is 4.10. The second-order valence-corrected chi connectivity index (χ2v) is 7.92. The summed E-state index contributed by atoms with van der Waals surface area (Å²) in [6.07, 6.45) is 0.743. The van der Waals surface area contributed by atoms with Crippen molar-refractivity contribution in [3.8, 4) is 5.69 Å². The topological polar surface area (TPSA) is 74.8 Å². The highest BCUT2D eigenvalue weighted by atomic mass is 16.5. The number of rotatable bonds is 6. The Bertz CT molecular complexity index is 1500. The van der Waals surface area contributed by atoms with Crippen LogP contribution in [0, 0.1) is 13.8 Å². The predicted molar refractivity (Wildman–Crippen MR) is 127 cm³/mol. The average molecular weight is 428 g/mol. The van der Waals surface area contributed by atoms with Crippen molar-refractivity contribution in [3.05, 3.63) is 70.3 Å². The lowest BCUT2D eigenvalue weighted by Gasteiger charge is -2.11. The highest BCUT2D eigenvalue weighted by Gasteiger charge is 2.22. The Morgan fingerprint density at radius 1 is 0.906 bits per heavy atom. The third kappa shape index (κ3) is 3.35. The standard InChI is InChI=1S/C25H25N5O2/c1-4-32-15-7-14-29-17(3)26-23-21(25(29)31)22-24(28-20-9-6-5-8-19(20)27-22)30(23)18-12-10-16(2)11-13-18/h5-6,8-13H,4,7,14-15H2,1-3H3. The van der Waals surface area contributed by atoms with Crippen molar-refractivity contribution < 1.29 is 4.74 Å². The minimum atomic E-state index is -0.0931. The molecule has 32 heavy (non-hydrogen) atoms. The van der Waals surface area contributed by atoms with Gasteiger partial charge in [-0.3, -0.25) is 13.9 Å². The molecule has 0 radical (unpaired) electrons. The van der Waals surface area contributed by atoms with Crippen LogP contribution >= 0.6 is 0 Å². The molecule has 0 amide bonds. The largest absolute Gasteiger partial charge is 0.382 e. The third-order valence-electron chi connectivity index (χ3n) is 5.72. The van der Waals surface area contributed by atoms with E-state index in [1.54, 1.807) is 4.57 Å². The number of benzene rings is 2. The molecular weight excluding hydrogens is 402 g/mol.